The molecule has 0 saturated carbocycles. The number of nitrogens with two attached hydrogens (primary N) is 1. The van der Waals surface area contributed by atoms with Gasteiger partial charge in [0.15, 0.2) is 0 Å². The Morgan fingerprint density at radius 1 is 1.47 bits per heavy atom. The summed E-state index contributed by atoms with van der Waals surface area (Å²) in [5, 5.41) is 0. The van der Waals surface area contributed by atoms with Crippen LogP contribution in [0.15, 0.2) is 18.2 Å². The Bertz CT molecular complexity index is 457. The highest BCUT2D eigenvalue weighted by Crippen LogP contribution is 2.31. The minimum atomic E-state index is 0.142. The number of ether oxygens (including phenoxy) is 1. The summed E-state index contributed by atoms with van der Waals surface area (Å²) in [6, 6.07) is 6.29. The standard InChI is InChI=1S/C15H22N2O2/c1-17(2)15(18)4-3-9-19-12-6-7-13-11(10-12)5-8-14(13)16/h6-7,10,14H,3-5,8-9,16H2,1-2H3. The Kier molecular flexibility index (Phi) is 4.43. The zero-order chi connectivity index (χ0) is 13.8. The van der Waals surface area contributed by atoms with Crippen LogP contribution in [-0.4, -0.2) is 31.5 Å². The van der Waals surface area contributed by atoms with Gasteiger partial charge in [0.2, 0.25) is 5.91 Å². The summed E-state index contributed by atoms with van der Waals surface area (Å²) in [7, 11) is 3.54. The van der Waals surface area contributed by atoms with Gasteiger partial charge in [-0.25, -0.2) is 0 Å². The molecule has 104 valence electrons. The normalized spacial score (nSPS) is 17.1. The van der Waals surface area contributed by atoms with Gasteiger partial charge in [-0.05, 0) is 42.5 Å². The van der Waals surface area contributed by atoms with Crippen molar-refractivity contribution in [2.75, 3.05) is 20.7 Å². The second-order valence-electron chi connectivity index (χ2n) is 5.25. The zero-order valence-electron chi connectivity index (χ0n) is 11.7. The highest BCUT2D eigenvalue weighted by Gasteiger charge is 2.18. The highest BCUT2D eigenvalue weighted by molar-refractivity contribution is 5.75. The molecule has 1 unspecified atom stereocenters. The van der Waals surface area contributed by atoms with Crippen molar-refractivity contribution in [3.05, 3.63) is 29.3 Å². The van der Waals surface area contributed by atoms with Crippen LogP contribution in [0, 0.1) is 0 Å². The summed E-state index contributed by atoms with van der Waals surface area (Å²) in [5.74, 6) is 1.02. The number of carbonyl (C=O) groups excluding carboxylic acids is 1. The van der Waals surface area contributed by atoms with Gasteiger partial charge in [-0.2, -0.15) is 0 Å². The molecule has 0 fully saturated rings. The first-order valence-corrected chi connectivity index (χ1v) is 6.79. The van der Waals surface area contributed by atoms with Crippen molar-refractivity contribution in [3.63, 3.8) is 0 Å². The smallest absolute Gasteiger partial charge is 0.222 e. The minimum absolute atomic E-state index is 0.142. The van der Waals surface area contributed by atoms with Gasteiger partial charge in [0.1, 0.15) is 5.75 Å². The van der Waals surface area contributed by atoms with Crippen LogP contribution in [0.25, 0.3) is 0 Å². The maximum atomic E-state index is 11.4. The molecule has 1 atom stereocenters. The quantitative estimate of drug-likeness (QED) is 0.824. The van der Waals surface area contributed by atoms with Gasteiger partial charge in [-0.1, -0.05) is 6.07 Å². The summed E-state index contributed by atoms with van der Waals surface area (Å²) in [4.78, 5) is 13.0. The van der Waals surface area contributed by atoms with Gasteiger partial charge < -0.3 is 15.4 Å². The third-order valence-corrected chi connectivity index (χ3v) is 3.54. The largest absolute Gasteiger partial charge is 0.494 e. The van der Waals surface area contributed by atoms with Crippen molar-refractivity contribution >= 4 is 5.91 Å². The summed E-state index contributed by atoms with van der Waals surface area (Å²) >= 11 is 0. The van der Waals surface area contributed by atoms with E-state index >= 15 is 0 Å². The maximum Gasteiger partial charge on any atom is 0.222 e. The van der Waals surface area contributed by atoms with Crippen LogP contribution in [0.2, 0.25) is 0 Å². The number of benzene rings is 1. The first-order valence-electron chi connectivity index (χ1n) is 6.79. The van der Waals surface area contributed by atoms with E-state index in [1.54, 1.807) is 19.0 Å². The number of nitrogens with zero attached hydrogens (tertiary/aromatic N) is 1. The van der Waals surface area contributed by atoms with E-state index in [-0.39, 0.29) is 11.9 Å². The third kappa shape index (κ3) is 3.47. The number of hydrogen-bond donors (Lipinski definition) is 1. The topological polar surface area (TPSA) is 55.6 Å². The van der Waals surface area contributed by atoms with Crippen LogP contribution in [0.3, 0.4) is 0 Å². The molecule has 0 saturated heterocycles. The Hall–Kier alpha value is -1.55. The molecular weight excluding hydrogens is 240 g/mol. The molecule has 1 aliphatic rings. The van der Waals surface area contributed by atoms with Crippen LogP contribution in [0.1, 0.15) is 36.4 Å². The third-order valence-electron chi connectivity index (χ3n) is 3.54. The summed E-state index contributed by atoms with van der Waals surface area (Å²) in [6.45, 7) is 0.574. The molecule has 0 heterocycles. The van der Waals surface area contributed by atoms with E-state index in [2.05, 4.69) is 12.1 Å². The van der Waals surface area contributed by atoms with Gasteiger partial charge in [-0.3, -0.25) is 4.79 Å². The van der Waals surface area contributed by atoms with Gasteiger partial charge >= 0.3 is 0 Å². The fraction of sp³-hybridized carbons (Fsp3) is 0.533. The van der Waals surface area contributed by atoms with Gasteiger partial charge in [-0.15, -0.1) is 0 Å². The predicted molar refractivity (Wildman–Crippen MR) is 75.1 cm³/mol. The lowest BCUT2D eigenvalue weighted by Gasteiger charge is -2.11. The van der Waals surface area contributed by atoms with Crippen molar-refractivity contribution in [3.8, 4) is 5.75 Å². The second-order valence-corrected chi connectivity index (χ2v) is 5.25. The Labute approximate surface area is 114 Å². The first-order chi connectivity index (χ1) is 9.08. The number of rotatable bonds is 5. The van der Waals surface area contributed by atoms with E-state index < -0.39 is 0 Å². The molecular formula is C15H22N2O2. The molecule has 1 aromatic rings. The molecule has 0 spiro atoms. The second kappa shape index (κ2) is 6.06. The maximum absolute atomic E-state index is 11.4. The summed E-state index contributed by atoms with van der Waals surface area (Å²) in [6.07, 6.45) is 3.33. The average molecular weight is 262 g/mol. The Balaban J connectivity index is 1.80. The number of carbonyl (C=O) groups is 1. The summed E-state index contributed by atoms with van der Waals surface area (Å²) in [5.41, 5.74) is 8.54. The number of aryl methyl sites for hydroxylation is 1. The molecule has 4 heteroatoms. The van der Waals surface area contributed by atoms with E-state index in [0.29, 0.717) is 13.0 Å². The van der Waals surface area contributed by atoms with Crippen molar-refractivity contribution in [1.29, 1.82) is 0 Å². The van der Waals surface area contributed by atoms with Crippen LogP contribution in [0.5, 0.6) is 5.75 Å². The van der Waals surface area contributed by atoms with Gasteiger partial charge in [0, 0.05) is 26.6 Å². The van der Waals surface area contributed by atoms with Crippen LogP contribution < -0.4 is 10.5 Å². The van der Waals surface area contributed by atoms with Crippen molar-refractivity contribution in [2.45, 2.75) is 31.7 Å². The number of amides is 1. The molecule has 19 heavy (non-hydrogen) atoms. The highest BCUT2D eigenvalue weighted by atomic mass is 16.5. The predicted octanol–water partition coefficient (Wildman–Crippen LogP) is 1.88. The van der Waals surface area contributed by atoms with Gasteiger partial charge in [0.05, 0.1) is 6.61 Å². The molecule has 4 nitrogen and oxygen atoms in total. The summed E-state index contributed by atoms with van der Waals surface area (Å²) < 4.78 is 5.69. The monoisotopic (exact) mass is 262 g/mol. The van der Waals surface area contributed by atoms with E-state index in [1.807, 2.05) is 6.07 Å². The number of fused-ring (bicyclic) bond motifs is 1. The Morgan fingerprint density at radius 2 is 2.26 bits per heavy atom. The average Bonchev–Trinajstić information content (AvgIpc) is 2.75. The fourth-order valence-electron chi connectivity index (χ4n) is 2.35. The SMILES string of the molecule is CN(C)C(=O)CCCOc1ccc2c(c1)CCC2N. The fourth-order valence-corrected chi connectivity index (χ4v) is 2.35. The van der Waals surface area contributed by atoms with Gasteiger partial charge in [0.25, 0.3) is 0 Å². The zero-order valence-corrected chi connectivity index (χ0v) is 11.7. The minimum Gasteiger partial charge on any atom is -0.494 e. The molecule has 1 amide bonds. The first kappa shape index (κ1) is 13.9. The van der Waals surface area contributed by atoms with Crippen LogP contribution in [0.4, 0.5) is 0 Å². The molecule has 0 bridgehead atoms. The molecule has 0 aromatic heterocycles. The van der Waals surface area contributed by atoms with E-state index in [1.165, 1.54) is 11.1 Å². The van der Waals surface area contributed by atoms with Crippen LogP contribution in [-0.2, 0) is 11.2 Å². The number of hydrogen-bond acceptors (Lipinski definition) is 3. The molecule has 2 rings (SSSR count). The van der Waals surface area contributed by atoms with Crippen molar-refractivity contribution in [1.82, 2.24) is 4.90 Å². The van der Waals surface area contributed by atoms with Crippen molar-refractivity contribution < 1.29 is 9.53 Å². The van der Waals surface area contributed by atoms with E-state index in [4.69, 9.17) is 10.5 Å². The molecule has 2 N–H and O–H groups in total. The molecule has 0 radical (unpaired) electrons. The van der Waals surface area contributed by atoms with Crippen molar-refractivity contribution in [2.24, 2.45) is 5.73 Å². The molecule has 1 aromatic carbocycles. The van der Waals surface area contributed by atoms with Crippen LogP contribution >= 0.6 is 0 Å². The lowest BCUT2D eigenvalue weighted by molar-refractivity contribution is -0.128. The Morgan fingerprint density at radius 3 is 3.00 bits per heavy atom. The molecule has 0 aliphatic heterocycles. The van der Waals surface area contributed by atoms with E-state index in [0.717, 1.165) is 25.0 Å². The van der Waals surface area contributed by atoms with E-state index in [9.17, 15) is 4.79 Å². The lowest BCUT2D eigenvalue weighted by Crippen LogP contribution is -2.21. The lowest BCUT2D eigenvalue weighted by atomic mass is 10.1. The molecule has 1 aliphatic carbocycles.